The number of imide groups is 2. The molecule has 2 aliphatic heterocycles. The number of carbonyl (C=O) groups is 3. The summed E-state index contributed by atoms with van der Waals surface area (Å²) in [7, 11) is 0. The van der Waals surface area contributed by atoms with Gasteiger partial charge in [0, 0.05) is 45.5 Å². The lowest BCUT2D eigenvalue weighted by Crippen LogP contribution is -2.58. The number of amides is 4. The predicted molar refractivity (Wildman–Crippen MR) is 81.6 cm³/mol. The third kappa shape index (κ3) is 3.99. The molecule has 2 N–H and O–H groups in total. The molecular weight excluding hydrogens is 286 g/mol. The van der Waals surface area contributed by atoms with Gasteiger partial charge >= 0.3 is 6.03 Å². The van der Waals surface area contributed by atoms with Gasteiger partial charge in [0.15, 0.2) is 5.92 Å². The second kappa shape index (κ2) is 7.81. The van der Waals surface area contributed by atoms with Gasteiger partial charge in [-0.15, -0.1) is 6.58 Å². The van der Waals surface area contributed by atoms with Crippen LogP contribution in [0.5, 0.6) is 0 Å². The van der Waals surface area contributed by atoms with Crippen LogP contribution < -0.4 is 10.6 Å². The minimum Gasteiger partial charge on any atom is -0.314 e. The van der Waals surface area contributed by atoms with E-state index in [9.17, 15) is 14.4 Å². The van der Waals surface area contributed by atoms with Crippen LogP contribution in [0.4, 0.5) is 4.79 Å². The number of barbiturate groups is 1. The van der Waals surface area contributed by atoms with Crippen molar-refractivity contribution >= 4 is 24.1 Å². The fourth-order valence-corrected chi connectivity index (χ4v) is 2.38. The zero-order chi connectivity index (χ0) is 15.9. The van der Waals surface area contributed by atoms with Gasteiger partial charge in [-0.05, 0) is 0 Å². The summed E-state index contributed by atoms with van der Waals surface area (Å²) in [6.07, 6.45) is 2.77. The second-order valence-corrected chi connectivity index (χ2v) is 5.16. The van der Waals surface area contributed by atoms with E-state index in [2.05, 4.69) is 27.1 Å². The SMILES string of the molecule is C=CCN1C(=O)NC(=O)[C@H](C=NCCN2CCNCC2)C1=O. The summed E-state index contributed by atoms with van der Waals surface area (Å²) in [6, 6.07) is -0.708. The van der Waals surface area contributed by atoms with Gasteiger partial charge in [-0.1, -0.05) is 6.08 Å². The van der Waals surface area contributed by atoms with E-state index in [-0.39, 0.29) is 6.54 Å². The molecule has 0 spiro atoms. The van der Waals surface area contributed by atoms with Gasteiger partial charge in [0.25, 0.3) is 0 Å². The van der Waals surface area contributed by atoms with E-state index in [1.54, 1.807) is 0 Å². The van der Waals surface area contributed by atoms with Gasteiger partial charge in [-0.2, -0.15) is 0 Å². The highest BCUT2D eigenvalue weighted by Crippen LogP contribution is 2.09. The average molecular weight is 307 g/mol. The Bertz CT molecular complexity index is 485. The van der Waals surface area contributed by atoms with Crippen molar-refractivity contribution in [3.8, 4) is 0 Å². The largest absolute Gasteiger partial charge is 0.331 e. The lowest BCUT2D eigenvalue weighted by molar-refractivity contribution is -0.138. The Hall–Kier alpha value is -2.06. The number of piperazine rings is 1. The first-order valence-corrected chi connectivity index (χ1v) is 7.33. The minimum atomic E-state index is -1.04. The van der Waals surface area contributed by atoms with Crippen LogP contribution in [0.15, 0.2) is 17.6 Å². The maximum Gasteiger partial charge on any atom is 0.331 e. The first-order chi connectivity index (χ1) is 10.6. The van der Waals surface area contributed by atoms with E-state index in [4.69, 9.17) is 0 Å². The highest BCUT2D eigenvalue weighted by molar-refractivity contribution is 6.23. The Morgan fingerprint density at radius 2 is 2.00 bits per heavy atom. The van der Waals surface area contributed by atoms with Crippen LogP contribution in [-0.4, -0.2) is 79.7 Å². The van der Waals surface area contributed by atoms with Crippen molar-refractivity contribution in [2.75, 3.05) is 45.8 Å². The number of nitrogens with zero attached hydrogens (tertiary/aromatic N) is 3. The molecule has 2 saturated heterocycles. The van der Waals surface area contributed by atoms with Crippen molar-refractivity contribution in [2.45, 2.75) is 0 Å². The van der Waals surface area contributed by atoms with Crippen molar-refractivity contribution in [3.05, 3.63) is 12.7 Å². The summed E-state index contributed by atoms with van der Waals surface area (Å²) in [5.41, 5.74) is 0. The smallest absolute Gasteiger partial charge is 0.314 e. The molecule has 0 saturated carbocycles. The molecule has 0 aromatic rings. The Balaban J connectivity index is 1.87. The van der Waals surface area contributed by atoms with Gasteiger partial charge in [-0.3, -0.25) is 29.7 Å². The quantitative estimate of drug-likeness (QED) is 0.367. The van der Waals surface area contributed by atoms with E-state index in [1.165, 1.54) is 12.3 Å². The average Bonchev–Trinajstić information content (AvgIpc) is 2.51. The fourth-order valence-electron chi connectivity index (χ4n) is 2.38. The predicted octanol–water partition coefficient (Wildman–Crippen LogP) is -1.16. The first-order valence-electron chi connectivity index (χ1n) is 7.33. The van der Waals surface area contributed by atoms with Gasteiger partial charge < -0.3 is 5.32 Å². The number of nitrogens with one attached hydrogen (secondary N) is 2. The summed E-state index contributed by atoms with van der Waals surface area (Å²) in [4.78, 5) is 42.8. The Morgan fingerprint density at radius 1 is 1.27 bits per heavy atom. The van der Waals surface area contributed by atoms with Gasteiger partial charge in [-0.25, -0.2) is 4.79 Å². The van der Waals surface area contributed by atoms with Crippen molar-refractivity contribution in [2.24, 2.45) is 10.9 Å². The molecule has 0 aromatic heterocycles. The molecule has 2 heterocycles. The zero-order valence-corrected chi connectivity index (χ0v) is 12.5. The molecule has 0 bridgehead atoms. The van der Waals surface area contributed by atoms with E-state index < -0.39 is 23.8 Å². The highest BCUT2D eigenvalue weighted by atomic mass is 16.2. The standard InChI is InChI=1S/C14H21N5O3/c1-2-6-19-13(21)11(12(20)17-14(19)22)10-16-5-9-18-7-3-15-4-8-18/h2,10-11,15H,1,3-9H2,(H,17,20,22)/t11-/m0/s1. The second-order valence-electron chi connectivity index (χ2n) is 5.16. The number of carbonyl (C=O) groups excluding carboxylic acids is 3. The number of urea groups is 1. The first kappa shape index (κ1) is 16.3. The molecule has 2 aliphatic rings. The fraction of sp³-hybridized carbons (Fsp3) is 0.571. The lowest BCUT2D eigenvalue weighted by Gasteiger charge is -2.28. The van der Waals surface area contributed by atoms with Crippen molar-refractivity contribution < 1.29 is 14.4 Å². The lowest BCUT2D eigenvalue weighted by atomic mass is 10.1. The highest BCUT2D eigenvalue weighted by Gasteiger charge is 2.38. The number of rotatable bonds is 6. The molecule has 0 unspecified atom stereocenters. The topological polar surface area (TPSA) is 94.1 Å². The van der Waals surface area contributed by atoms with Crippen molar-refractivity contribution in [1.82, 2.24) is 20.4 Å². The molecule has 0 radical (unpaired) electrons. The summed E-state index contributed by atoms with van der Waals surface area (Å²) >= 11 is 0. The van der Waals surface area contributed by atoms with Crippen molar-refractivity contribution in [1.29, 1.82) is 0 Å². The Labute approximate surface area is 129 Å². The monoisotopic (exact) mass is 307 g/mol. The summed E-state index contributed by atoms with van der Waals surface area (Å²) < 4.78 is 0. The van der Waals surface area contributed by atoms with Crippen LogP contribution in [0.1, 0.15) is 0 Å². The van der Waals surface area contributed by atoms with E-state index >= 15 is 0 Å². The Morgan fingerprint density at radius 3 is 2.68 bits per heavy atom. The molecule has 2 fully saturated rings. The number of hydrogen-bond acceptors (Lipinski definition) is 6. The molecule has 0 aliphatic carbocycles. The van der Waals surface area contributed by atoms with Crippen LogP contribution in [0.3, 0.4) is 0 Å². The third-order valence-electron chi connectivity index (χ3n) is 3.61. The normalized spacial score (nSPS) is 23.9. The van der Waals surface area contributed by atoms with Gasteiger partial charge in [0.2, 0.25) is 11.8 Å². The van der Waals surface area contributed by atoms with E-state index in [0.29, 0.717) is 6.54 Å². The van der Waals surface area contributed by atoms with Crippen molar-refractivity contribution in [3.63, 3.8) is 0 Å². The molecule has 22 heavy (non-hydrogen) atoms. The van der Waals surface area contributed by atoms with Crippen LogP contribution in [-0.2, 0) is 9.59 Å². The molecule has 8 heteroatoms. The van der Waals surface area contributed by atoms with Gasteiger partial charge in [0.1, 0.15) is 0 Å². The molecule has 0 aromatic carbocycles. The summed E-state index contributed by atoms with van der Waals surface area (Å²) in [5.74, 6) is -2.22. The third-order valence-corrected chi connectivity index (χ3v) is 3.61. The zero-order valence-electron chi connectivity index (χ0n) is 12.5. The molecule has 1 atom stereocenters. The molecular formula is C14H21N5O3. The van der Waals surface area contributed by atoms with Crippen LogP contribution >= 0.6 is 0 Å². The van der Waals surface area contributed by atoms with E-state index in [1.807, 2.05) is 0 Å². The summed E-state index contributed by atoms with van der Waals surface area (Å²) in [5, 5.41) is 5.42. The van der Waals surface area contributed by atoms with Crippen LogP contribution in [0.2, 0.25) is 0 Å². The Kier molecular flexibility index (Phi) is 5.79. The van der Waals surface area contributed by atoms with E-state index in [0.717, 1.165) is 37.6 Å². The molecule has 4 amide bonds. The summed E-state index contributed by atoms with van der Waals surface area (Å²) in [6.45, 7) is 8.75. The number of aliphatic imine (C=N–C) groups is 1. The minimum absolute atomic E-state index is 0.0725. The number of hydrogen-bond donors (Lipinski definition) is 2. The van der Waals surface area contributed by atoms with Crippen LogP contribution in [0.25, 0.3) is 0 Å². The molecule has 2 rings (SSSR count). The maximum absolute atomic E-state index is 12.1. The van der Waals surface area contributed by atoms with Crippen LogP contribution in [0, 0.1) is 5.92 Å². The molecule has 8 nitrogen and oxygen atoms in total. The molecule has 120 valence electrons. The van der Waals surface area contributed by atoms with Gasteiger partial charge in [0.05, 0.1) is 6.54 Å². The maximum atomic E-state index is 12.1.